The first-order valence-electron chi connectivity index (χ1n) is 5.56. The van der Waals surface area contributed by atoms with E-state index in [0.717, 1.165) is 16.2 Å². The van der Waals surface area contributed by atoms with E-state index in [0.29, 0.717) is 24.0 Å². The zero-order valence-electron chi connectivity index (χ0n) is 9.43. The van der Waals surface area contributed by atoms with Crippen LogP contribution < -0.4 is 9.47 Å². The molecule has 1 atom stereocenters. The highest BCUT2D eigenvalue weighted by molar-refractivity contribution is 7.10. The third-order valence-corrected chi connectivity index (χ3v) is 4.19. The maximum atomic E-state index is 10.3. The van der Waals surface area contributed by atoms with Crippen molar-refractivity contribution in [1.29, 1.82) is 0 Å². The monoisotopic (exact) mass is 282 g/mol. The van der Waals surface area contributed by atoms with Crippen LogP contribution in [-0.2, 0) is 0 Å². The molecule has 1 N–H and O–H groups in total. The molecule has 0 spiro atoms. The van der Waals surface area contributed by atoms with Gasteiger partial charge in [-0.2, -0.15) is 0 Å². The number of halogens is 1. The van der Waals surface area contributed by atoms with Gasteiger partial charge in [0.05, 0.1) is 9.90 Å². The minimum Gasteiger partial charge on any atom is -0.486 e. The van der Waals surface area contributed by atoms with E-state index < -0.39 is 6.10 Å². The number of hydrogen-bond donors (Lipinski definition) is 1. The summed E-state index contributed by atoms with van der Waals surface area (Å²) < 4.78 is 10.9. The lowest BCUT2D eigenvalue weighted by Crippen LogP contribution is -2.15. The fourth-order valence-corrected chi connectivity index (χ4v) is 3.05. The highest BCUT2D eigenvalue weighted by Gasteiger charge is 2.19. The van der Waals surface area contributed by atoms with Gasteiger partial charge in [0, 0.05) is 0 Å². The number of aliphatic hydroxyl groups is 1. The van der Waals surface area contributed by atoms with Crippen LogP contribution in [0.4, 0.5) is 0 Å². The number of rotatable bonds is 2. The summed E-state index contributed by atoms with van der Waals surface area (Å²) in [6.45, 7) is 1.10. The minimum absolute atomic E-state index is 0.534. The molecule has 0 amide bonds. The van der Waals surface area contributed by atoms with Crippen LogP contribution in [0.25, 0.3) is 0 Å². The van der Waals surface area contributed by atoms with Crippen molar-refractivity contribution in [2.45, 2.75) is 6.10 Å². The lowest BCUT2D eigenvalue weighted by Gasteiger charge is -2.20. The number of benzene rings is 1. The first kappa shape index (κ1) is 11.8. The van der Waals surface area contributed by atoms with Gasteiger partial charge >= 0.3 is 0 Å². The summed E-state index contributed by atoms with van der Waals surface area (Å²) in [5.74, 6) is 1.39. The molecule has 18 heavy (non-hydrogen) atoms. The Morgan fingerprint density at radius 2 is 1.94 bits per heavy atom. The Morgan fingerprint density at radius 1 is 1.17 bits per heavy atom. The summed E-state index contributed by atoms with van der Waals surface area (Å²) in [7, 11) is 0. The smallest absolute Gasteiger partial charge is 0.161 e. The Bertz CT molecular complexity index is 567. The van der Waals surface area contributed by atoms with Gasteiger partial charge in [-0.3, -0.25) is 0 Å². The lowest BCUT2D eigenvalue weighted by atomic mass is 10.1. The van der Waals surface area contributed by atoms with E-state index in [1.807, 2.05) is 17.5 Å². The molecular weight excluding hydrogens is 272 g/mol. The fraction of sp³-hybridized carbons (Fsp3) is 0.231. The summed E-state index contributed by atoms with van der Waals surface area (Å²) in [4.78, 5) is 0.744. The second kappa shape index (κ2) is 4.80. The molecule has 3 rings (SSSR count). The molecule has 0 bridgehead atoms. The molecule has 1 aliphatic heterocycles. The minimum atomic E-state index is -0.728. The molecule has 0 aliphatic carbocycles. The highest BCUT2D eigenvalue weighted by Crippen LogP contribution is 2.37. The molecule has 5 heteroatoms. The van der Waals surface area contributed by atoms with E-state index in [2.05, 4.69) is 0 Å². The molecular formula is C13H11ClO3S. The summed E-state index contributed by atoms with van der Waals surface area (Å²) in [6.07, 6.45) is -0.728. The molecule has 1 unspecified atom stereocenters. The highest BCUT2D eigenvalue weighted by atomic mass is 35.5. The molecule has 94 valence electrons. The molecule has 0 fully saturated rings. The van der Waals surface area contributed by atoms with Gasteiger partial charge in [-0.25, -0.2) is 0 Å². The number of ether oxygens (including phenoxy) is 2. The Balaban J connectivity index is 1.95. The zero-order chi connectivity index (χ0) is 12.5. The van der Waals surface area contributed by atoms with E-state index >= 15 is 0 Å². The summed E-state index contributed by atoms with van der Waals surface area (Å²) >= 11 is 7.46. The molecule has 0 saturated carbocycles. The number of thiophene rings is 1. The molecule has 2 aromatic rings. The van der Waals surface area contributed by atoms with Crippen molar-refractivity contribution in [3.8, 4) is 11.5 Å². The van der Waals surface area contributed by atoms with Gasteiger partial charge in [0.2, 0.25) is 0 Å². The normalized spacial score (nSPS) is 15.4. The Morgan fingerprint density at radius 3 is 2.67 bits per heavy atom. The molecule has 0 saturated heterocycles. The van der Waals surface area contributed by atoms with Crippen molar-refractivity contribution in [2.75, 3.05) is 13.2 Å². The van der Waals surface area contributed by atoms with E-state index in [-0.39, 0.29) is 0 Å². The van der Waals surface area contributed by atoms with Gasteiger partial charge in [0.15, 0.2) is 11.5 Å². The van der Waals surface area contributed by atoms with Crippen molar-refractivity contribution < 1.29 is 14.6 Å². The van der Waals surface area contributed by atoms with Crippen LogP contribution in [0.3, 0.4) is 0 Å². The molecule has 1 aromatic heterocycles. The first-order chi connectivity index (χ1) is 8.75. The van der Waals surface area contributed by atoms with Crippen LogP contribution in [0.15, 0.2) is 29.6 Å². The quantitative estimate of drug-likeness (QED) is 0.919. The Labute approximate surface area is 114 Å². The van der Waals surface area contributed by atoms with Gasteiger partial charge in [-0.05, 0) is 29.1 Å². The van der Waals surface area contributed by atoms with Crippen molar-refractivity contribution in [3.63, 3.8) is 0 Å². The molecule has 0 radical (unpaired) electrons. The van der Waals surface area contributed by atoms with Gasteiger partial charge in [0.25, 0.3) is 0 Å². The van der Waals surface area contributed by atoms with E-state index in [4.69, 9.17) is 21.1 Å². The summed E-state index contributed by atoms with van der Waals surface area (Å²) in [5, 5.41) is 12.7. The second-order valence-corrected chi connectivity index (χ2v) is 5.29. The fourth-order valence-electron chi connectivity index (χ4n) is 1.88. The standard InChI is InChI=1S/C13H11ClO3S/c14-9-3-6-18-13(9)12(15)8-1-2-10-11(7-8)17-5-4-16-10/h1-3,6-7,12,15H,4-5H2. The molecule has 1 aliphatic rings. The average Bonchev–Trinajstić information content (AvgIpc) is 2.83. The Hall–Kier alpha value is -1.23. The van der Waals surface area contributed by atoms with Crippen molar-refractivity contribution >= 4 is 22.9 Å². The van der Waals surface area contributed by atoms with Gasteiger partial charge < -0.3 is 14.6 Å². The average molecular weight is 283 g/mol. The molecule has 1 aromatic carbocycles. The largest absolute Gasteiger partial charge is 0.486 e. The summed E-state index contributed by atoms with van der Waals surface area (Å²) in [5.41, 5.74) is 0.753. The van der Waals surface area contributed by atoms with Crippen molar-refractivity contribution in [2.24, 2.45) is 0 Å². The van der Waals surface area contributed by atoms with Crippen LogP contribution in [0.1, 0.15) is 16.5 Å². The number of fused-ring (bicyclic) bond motifs is 1. The maximum absolute atomic E-state index is 10.3. The number of aliphatic hydroxyl groups excluding tert-OH is 1. The predicted molar refractivity (Wildman–Crippen MR) is 70.8 cm³/mol. The lowest BCUT2D eigenvalue weighted by molar-refractivity contribution is 0.170. The molecule has 3 nitrogen and oxygen atoms in total. The topological polar surface area (TPSA) is 38.7 Å². The van der Waals surface area contributed by atoms with Crippen LogP contribution in [0.5, 0.6) is 11.5 Å². The van der Waals surface area contributed by atoms with Crippen LogP contribution in [0, 0.1) is 0 Å². The van der Waals surface area contributed by atoms with Gasteiger partial charge in [-0.15, -0.1) is 11.3 Å². The SMILES string of the molecule is OC(c1ccc2c(c1)OCCO2)c1sccc1Cl. The number of hydrogen-bond acceptors (Lipinski definition) is 4. The third-order valence-electron chi connectivity index (χ3n) is 2.78. The van der Waals surface area contributed by atoms with Gasteiger partial charge in [0.1, 0.15) is 19.3 Å². The molecule has 2 heterocycles. The second-order valence-electron chi connectivity index (χ2n) is 3.94. The van der Waals surface area contributed by atoms with Crippen LogP contribution in [0.2, 0.25) is 5.02 Å². The van der Waals surface area contributed by atoms with Crippen LogP contribution >= 0.6 is 22.9 Å². The zero-order valence-corrected chi connectivity index (χ0v) is 11.0. The van der Waals surface area contributed by atoms with Crippen molar-refractivity contribution in [3.05, 3.63) is 45.1 Å². The first-order valence-corrected chi connectivity index (χ1v) is 6.82. The predicted octanol–water partition coefficient (Wildman–Crippen LogP) is 3.25. The van der Waals surface area contributed by atoms with E-state index in [1.54, 1.807) is 12.1 Å². The summed E-state index contributed by atoms with van der Waals surface area (Å²) in [6, 6.07) is 7.22. The van der Waals surface area contributed by atoms with Crippen LogP contribution in [-0.4, -0.2) is 18.3 Å². The third kappa shape index (κ3) is 2.07. The van der Waals surface area contributed by atoms with Crippen molar-refractivity contribution in [1.82, 2.24) is 0 Å². The Kier molecular flexibility index (Phi) is 3.16. The maximum Gasteiger partial charge on any atom is 0.161 e. The van der Waals surface area contributed by atoms with Gasteiger partial charge in [-0.1, -0.05) is 17.7 Å². The van der Waals surface area contributed by atoms with E-state index in [9.17, 15) is 5.11 Å². The van der Waals surface area contributed by atoms with E-state index in [1.165, 1.54) is 11.3 Å².